The second-order valence-electron chi connectivity index (χ2n) is 4.22. The first kappa shape index (κ1) is 11.1. The van der Waals surface area contributed by atoms with Crippen LogP contribution in [0.2, 0.25) is 0 Å². The van der Waals surface area contributed by atoms with Crippen LogP contribution in [0, 0.1) is 0 Å². The summed E-state index contributed by atoms with van der Waals surface area (Å²) in [4.78, 5) is 0.923. The molecule has 4 rings (SSSR count). The Labute approximate surface area is 121 Å². The van der Waals surface area contributed by atoms with Gasteiger partial charge in [-0.1, -0.05) is 57.6 Å². The van der Waals surface area contributed by atoms with Gasteiger partial charge in [0, 0.05) is 10.0 Å². The smallest absolute Gasteiger partial charge is 0.217 e. The first-order valence-corrected chi connectivity index (χ1v) is 7.42. The summed E-state index contributed by atoms with van der Waals surface area (Å²) in [6.45, 7) is 0. The van der Waals surface area contributed by atoms with Crippen LogP contribution in [0.1, 0.15) is 0 Å². The van der Waals surface area contributed by atoms with Crippen molar-refractivity contribution in [3.05, 3.63) is 53.0 Å². The third-order valence-corrected chi connectivity index (χ3v) is 4.52. The van der Waals surface area contributed by atoms with Crippen LogP contribution in [-0.4, -0.2) is 14.6 Å². The maximum Gasteiger partial charge on any atom is 0.217 e. The second kappa shape index (κ2) is 4.15. The molecule has 0 radical (unpaired) electrons. The van der Waals surface area contributed by atoms with Crippen LogP contribution in [0.4, 0.5) is 0 Å². The molecule has 0 spiro atoms. The van der Waals surface area contributed by atoms with Crippen molar-refractivity contribution in [2.24, 2.45) is 0 Å². The predicted octanol–water partition coefficient (Wildman–Crippen LogP) is 4.37. The molecule has 0 saturated heterocycles. The van der Waals surface area contributed by atoms with Gasteiger partial charge in [0.05, 0.1) is 10.2 Å². The molecule has 0 saturated carbocycles. The van der Waals surface area contributed by atoms with E-state index in [-0.39, 0.29) is 0 Å². The van der Waals surface area contributed by atoms with E-state index in [0.717, 1.165) is 26.3 Å². The summed E-state index contributed by atoms with van der Waals surface area (Å²) in [5.74, 6) is 0.893. The van der Waals surface area contributed by atoms with Crippen molar-refractivity contribution in [3.8, 4) is 11.4 Å². The summed E-state index contributed by atoms with van der Waals surface area (Å²) in [7, 11) is 0. The molecular formula is C14H8BrN3S. The fraction of sp³-hybridized carbons (Fsp3) is 0. The van der Waals surface area contributed by atoms with Crippen molar-refractivity contribution >= 4 is 42.4 Å². The van der Waals surface area contributed by atoms with Crippen LogP contribution in [-0.2, 0) is 0 Å². The molecule has 0 unspecified atom stereocenters. The van der Waals surface area contributed by atoms with Gasteiger partial charge < -0.3 is 0 Å². The van der Waals surface area contributed by atoms with Gasteiger partial charge in [0.1, 0.15) is 0 Å². The Morgan fingerprint density at radius 3 is 2.68 bits per heavy atom. The molecule has 0 bridgehead atoms. The topological polar surface area (TPSA) is 30.2 Å². The van der Waals surface area contributed by atoms with Crippen LogP contribution in [0.3, 0.4) is 0 Å². The maximum absolute atomic E-state index is 4.31. The van der Waals surface area contributed by atoms with E-state index < -0.39 is 0 Å². The number of aromatic nitrogens is 3. The Hall–Kier alpha value is -1.72. The third kappa shape index (κ3) is 1.69. The van der Waals surface area contributed by atoms with Crippen LogP contribution in [0.5, 0.6) is 0 Å². The molecular weight excluding hydrogens is 322 g/mol. The molecule has 0 fully saturated rings. The Bertz CT molecular complexity index is 880. The van der Waals surface area contributed by atoms with E-state index in [9.17, 15) is 0 Å². The summed E-state index contributed by atoms with van der Waals surface area (Å²) in [5, 5.41) is 8.59. The highest BCUT2D eigenvalue weighted by atomic mass is 79.9. The average Bonchev–Trinajstić information content (AvgIpc) is 2.97. The first-order chi connectivity index (χ1) is 9.33. The van der Waals surface area contributed by atoms with Crippen molar-refractivity contribution in [1.29, 1.82) is 0 Å². The lowest BCUT2D eigenvalue weighted by Crippen LogP contribution is -1.87. The quantitative estimate of drug-likeness (QED) is 0.519. The van der Waals surface area contributed by atoms with Crippen LogP contribution < -0.4 is 0 Å². The third-order valence-electron chi connectivity index (χ3n) is 3.03. The van der Waals surface area contributed by atoms with Crippen LogP contribution in [0.25, 0.3) is 26.6 Å². The number of halogens is 1. The Balaban J connectivity index is 2.10. The normalized spacial score (nSPS) is 11.4. The number of benzene rings is 2. The first-order valence-electron chi connectivity index (χ1n) is 5.81. The highest BCUT2D eigenvalue weighted by Crippen LogP contribution is 2.31. The standard InChI is InChI=1S/C14H8BrN3S/c15-10-6-7-11-12(8-10)19-14-17-16-13(18(11)14)9-4-2-1-3-5-9/h1-8H. The van der Waals surface area contributed by atoms with E-state index in [1.807, 2.05) is 24.3 Å². The highest BCUT2D eigenvalue weighted by Gasteiger charge is 2.13. The highest BCUT2D eigenvalue weighted by molar-refractivity contribution is 9.10. The molecule has 0 aliphatic rings. The Kier molecular flexibility index (Phi) is 2.43. The molecule has 0 atom stereocenters. The van der Waals surface area contributed by atoms with Gasteiger partial charge in [0.15, 0.2) is 5.82 Å². The number of thiazole rings is 1. The van der Waals surface area contributed by atoms with Crippen molar-refractivity contribution in [2.75, 3.05) is 0 Å². The molecule has 92 valence electrons. The van der Waals surface area contributed by atoms with Gasteiger partial charge in [0.2, 0.25) is 4.96 Å². The van der Waals surface area contributed by atoms with E-state index in [1.165, 1.54) is 4.70 Å². The van der Waals surface area contributed by atoms with Crippen molar-refractivity contribution in [3.63, 3.8) is 0 Å². The molecule has 0 aliphatic carbocycles. The molecule has 2 aromatic carbocycles. The van der Waals surface area contributed by atoms with E-state index in [1.54, 1.807) is 11.3 Å². The van der Waals surface area contributed by atoms with Gasteiger partial charge in [-0.3, -0.25) is 4.40 Å². The number of rotatable bonds is 1. The SMILES string of the molecule is Brc1ccc2c(c1)sc1nnc(-c3ccccc3)n12. The summed E-state index contributed by atoms with van der Waals surface area (Å²) in [5.41, 5.74) is 2.23. The lowest BCUT2D eigenvalue weighted by Gasteiger charge is -1.98. The van der Waals surface area contributed by atoms with Gasteiger partial charge in [-0.2, -0.15) is 0 Å². The lowest BCUT2D eigenvalue weighted by molar-refractivity contribution is 1.12. The molecule has 3 nitrogen and oxygen atoms in total. The second-order valence-corrected chi connectivity index (χ2v) is 6.15. The molecule has 2 aromatic heterocycles. The largest absolute Gasteiger partial charge is 0.265 e. The summed E-state index contributed by atoms with van der Waals surface area (Å²) in [6, 6.07) is 16.4. The monoisotopic (exact) mass is 329 g/mol. The average molecular weight is 330 g/mol. The van der Waals surface area contributed by atoms with E-state index in [4.69, 9.17) is 0 Å². The molecule has 19 heavy (non-hydrogen) atoms. The van der Waals surface area contributed by atoms with Crippen molar-refractivity contribution in [2.45, 2.75) is 0 Å². The lowest BCUT2D eigenvalue weighted by atomic mass is 10.2. The summed E-state index contributed by atoms with van der Waals surface area (Å²) < 4.78 is 4.40. The maximum atomic E-state index is 4.31. The number of fused-ring (bicyclic) bond motifs is 3. The molecule has 0 N–H and O–H groups in total. The Morgan fingerprint density at radius 2 is 1.84 bits per heavy atom. The number of hydrogen-bond donors (Lipinski definition) is 0. The fourth-order valence-corrected chi connectivity index (χ4v) is 3.70. The van der Waals surface area contributed by atoms with Gasteiger partial charge in [0.25, 0.3) is 0 Å². The molecule has 0 aliphatic heterocycles. The van der Waals surface area contributed by atoms with Crippen molar-refractivity contribution in [1.82, 2.24) is 14.6 Å². The number of nitrogens with zero attached hydrogens (tertiary/aromatic N) is 3. The number of hydrogen-bond acceptors (Lipinski definition) is 3. The molecule has 0 amide bonds. The van der Waals surface area contributed by atoms with Gasteiger partial charge in [-0.15, -0.1) is 10.2 Å². The van der Waals surface area contributed by atoms with E-state index >= 15 is 0 Å². The van der Waals surface area contributed by atoms with E-state index in [2.05, 4.69) is 54.8 Å². The van der Waals surface area contributed by atoms with Gasteiger partial charge >= 0.3 is 0 Å². The summed E-state index contributed by atoms with van der Waals surface area (Å²) in [6.07, 6.45) is 0. The zero-order valence-electron chi connectivity index (χ0n) is 9.75. The molecule has 4 aromatic rings. The minimum Gasteiger partial charge on any atom is -0.265 e. The minimum atomic E-state index is 0.893. The van der Waals surface area contributed by atoms with Crippen LogP contribution >= 0.6 is 27.3 Å². The molecule has 2 heterocycles. The summed E-state index contributed by atoms with van der Waals surface area (Å²) >= 11 is 5.15. The van der Waals surface area contributed by atoms with Crippen molar-refractivity contribution < 1.29 is 0 Å². The zero-order chi connectivity index (χ0) is 12.8. The predicted molar refractivity (Wildman–Crippen MR) is 81.5 cm³/mol. The minimum absolute atomic E-state index is 0.893. The molecule has 5 heteroatoms. The van der Waals surface area contributed by atoms with Gasteiger partial charge in [-0.05, 0) is 18.2 Å². The zero-order valence-corrected chi connectivity index (χ0v) is 12.1. The Morgan fingerprint density at radius 1 is 1.00 bits per heavy atom. The van der Waals surface area contributed by atoms with Crippen LogP contribution in [0.15, 0.2) is 53.0 Å². The fourth-order valence-electron chi connectivity index (χ4n) is 2.18. The van der Waals surface area contributed by atoms with E-state index in [0.29, 0.717) is 0 Å². The van der Waals surface area contributed by atoms with Gasteiger partial charge in [-0.25, -0.2) is 0 Å².